The van der Waals surface area contributed by atoms with Crippen molar-refractivity contribution in [3.05, 3.63) is 59.7 Å². The first-order chi connectivity index (χ1) is 14.0. The van der Waals surface area contributed by atoms with Crippen LogP contribution in [0.4, 0.5) is 10.1 Å². The van der Waals surface area contributed by atoms with Crippen LogP contribution in [0, 0.1) is 17.1 Å². The minimum atomic E-state index is -4.00. The summed E-state index contributed by atoms with van der Waals surface area (Å²) in [5.41, 5.74) is -1.05. The van der Waals surface area contributed by atoms with Crippen LogP contribution in [0.5, 0.6) is 0 Å². The third kappa shape index (κ3) is 3.87. The third-order valence-corrected chi connectivity index (χ3v) is 6.72. The van der Waals surface area contributed by atoms with E-state index >= 15 is 0 Å². The van der Waals surface area contributed by atoms with Gasteiger partial charge in [0.05, 0.1) is 17.2 Å². The van der Waals surface area contributed by atoms with Gasteiger partial charge in [-0.3, -0.25) is 4.79 Å². The quantitative estimate of drug-likeness (QED) is 0.636. The van der Waals surface area contributed by atoms with Gasteiger partial charge in [-0.2, -0.15) is 5.26 Å². The van der Waals surface area contributed by atoms with Gasteiger partial charge in [-0.15, -0.1) is 6.58 Å². The van der Waals surface area contributed by atoms with Gasteiger partial charge >= 0.3 is 0 Å². The summed E-state index contributed by atoms with van der Waals surface area (Å²) in [5, 5.41) is 22.0. The van der Waals surface area contributed by atoms with Gasteiger partial charge in [-0.25, -0.2) is 17.5 Å². The number of anilines is 1. The van der Waals surface area contributed by atoms with Crippen LogP contribution in [0.2, 0.25) is 0 Å². The maximum Gasteiger partial charge on any atom is 0.272 e. The number of nitrogens with one attached hydrogen (secondary N) is 2. The molecule has 3 rings (SSSR count). The second kappa shape index (κ2) is 7.68. The third-order valence-electron chi connectivity index (χ3n) is 5.20. The van der Waals surface area contributed by atoms with Crippen LogP contribution in [0.3, 0.4) is 0 Å². The number of halogens is 1. The number of benzene rings is 1. The molecule has 0 fully saturated rings. The summed E-state index contributed by atoms with van der Waals surface area (Å²) in [7, 11) is -2.45. The first-order valence-electron chi connectivity index (χ1n) is 9.07. The van der Waals surface area contributed by atoms with Gasteiger partial charge in [-0.1, -0.05) is 6.08 Å². The van der Waals surface area contributed by atoms with Gasteiger partial charge in [0, 0.05) is 24.5 Å². The molecule has 2 heterocycles. The Balaban J connectivity index is 1.99. The Bertz CT molecular complexity index is 1180. The molecule has 30 heavy (non-hydrogen) atoms. The minimum Gasteiger partial charge on any atom is -0.384 e. The van der Waals surface area contributed by atoms with Crippen molar-refractivity contribution in [1.82, 2.24) is 9.29 Å². The zero-order valence-electron chi connectivity index (χ0n) is 16.4. The molecule has 1 aromatic heterocycles. The molecule has 2 aromatic rings. The number of carbonyl (C=O) groups is 1. The van der Waals surface area contributed by atoms with E-state index in [4.69, 9.17) is 5.26 Å². The lowest BCUT2D eigenvalue weighted by atomic mass is 9.92. The largest absolute Gasteiger partial charge is 0.384 e. The Kier molecular flexibility index (Phi) is 5.56. The van der Waals surface area contributed by atoms with E-state index in [-0.39, 0.29) is 34.7 Å². The Morgan fingerprint density at radius 3 is 2.87 bits per heavy atom. The molecule has 8 nitrogen and oxygen atoms in total. The van der Waals surface area contributed by atoms with Gasteiger partial charge in [0.15, 0.2) is 0 Å². The lowest BCUT2D eigenvalue weighted by Gasteiger charge is -2.29. The minimum absolute atomic E-state index is 0.0469. The van der Waals surface area contributed by atoms with E-state index in [1.54, 1.807) is 13.1 Å². The highest BCUT2D eigenvalue weighted by atomic mass is 32.2. The molecule has 10 heteroatoms. The Morgan fingerprint density at radius 1 is 1.53 bits per heavy atom. The summed E-state index contributed by atoms with van der Waals surface area (Å²) >= 11 is 0. The number of aromatic nitrogens is 1. The van der Waals surface area contributed by atoms with Crippen molar-refractivity contribution in [3.63, 3.8) is 0 Å². The lowest BCUT2D eigenvalue weighted by molar-refractivity contribution is 0.0731. The summed E-state index contributed by atoms with van der Waals surface area (Å²) in [6.07, 6.45) is 3.06. The molecule has 1 amide bonds. The van der Waals surface area contributed by atoms with Crippen molar-refractivity contribution in [3.8, 4) is 6.07 Å². The highest BCUT2D eigenvalue weighted by molar-refractivity contribution is 7.89. The van der Waals surface area contributed by atoms with E-state index < -0.39 is 33.4 Å². The topological polar surface area (TPSA) is 124 Å². The van der Waals surface area contributed by atoms with Crippen molar-refractivity contribution in [2.75, 3.05) is 5.32 Å². The van der Waals surface area contributed by atoms with Crippen molar-refractivity contribution in [2.45, 2.75) is 36.3 Å². The van der Waals surface area contributed by atoms with E-state index in [0.29, 0.717) is 5.56 Å². The summed E-state index contributed by atoms with van der Waals surface area (Å²) < 4.78 is 43.1. The average Bonchev–Trinajstić information content (AvgIpc) is 2.97. The molecule has 1 aliphatic heterocycles. The van der Waals surface area contributed by atoms with Crippen LogP contribution in [-0.4, -0.2) is 35.6 Å². The maximum absolute atomic E-state index is 13.5. The molecule has 0 saturated heterocycles. The molecule has 0 saturated carbocycles. The molecule has 3 N–H and O–H groups in total. The number of aryl methyl sites for hydroxylation is 1. The van der Waals surface area contributed by atoms with E-state index in [2.05, 4.69) is 16.6 Å². The standard InChI is InChI=1S/C20H21FN4O4S/c1-4-20(2,27)17-8-6-14-16(30(28,29)24-17)11-25(3)18(14)19(26)23-13-5-7-15(21)12(9-13)10-22/h4-5,7,9,11,17,24,27H,1,6,8H2,2-3H3,(H,23,26)/t17-,20?/m0/s1. The van der Waals surface area contributed by atoms with Crippen LogP contribution < -0.4 is 10.0 Å². The molecule has 0 spiro atoms. The first-order valence-corrected chi connectivity index (χ1v) is 10.6. The first kappa shape index (κ1) is 21.7. The zero-order valence-corrected chi connectivity index (χ0v) is 17.3. The fourth-order valence-electron chi connectivity index (χ4n) is 3.45. The molecular weight excluding hydrogens is 411 g/mol. The van der Waals surface area contributed by atoms with Gasteiger partial charge < -0.3 is 15.0 Å². The van der Waals surface area contributed by atoms with Crippen molar-refractivity contribution < 1.29 is 22.7 Å². The number of aliphatic hydroxyl groups is 1. The summed E-state index contributed by atoms with van der Waals surface area (Å²) in [6, 6.07) is 4.46. The summed E-state index contributed by atoms with van der Waals surface area (Å²) in [6.45, 7) is 5.00. The SMILES string of the molecule is C=CC(C)(O)[C@@H]1CCc2c(cn(C)c2C(=O)Nc2ccc(F)c(C#N)c2)S(=O)(=O)N1. The second-order valence-corrected chi connectivity index (χ2v) is 9.02. The van der Waals surface area contributed by atoms with Crippen LogP contribution in [0.25, 0.3) is 0 Å². The fraction of sp³-hybridized carbons (Fsp3) is 0.300. The fourth-order valence-corrected chi connectivity index (χ4v) is 5.13. The molecule has 1 aliphatic rings. The number of hydrogen-bond donors (Lipinski definition) is 3. The molecule has 1 aromatic carbocycles. The molecule has 0 radical (unpaired) electrons. The molecular formula is C20H21FN4O4S. The predicted molar refractivity (Wildman–Crippen MR) is 108 cm³/mol. The number of sulfonamides is 1. The summed E-state index contributed by atoms with van der Waals surface area (Å²) in [4.78, 5) is 12.9. The van der Waals surface area contributed by atoms with E-state index in [1.807, 2.05) is 0 Å². The highest BCUT2D eigenvalue weighted by Crippen LogP contribution is 2.30. The molecule has 158 valence electrons. The number of amides is 1. The summed E-state index contributed by atoms with van der Waals surface area (Å²) in [5.74, 6) is -1.31. The second-order valence-electron chi connectivity index (χ2n) is 7.33. The normalized spacial score (nSPS) is 19.6. The zero-order chi connectivity index (χ0) is 22.3. The molecule has 0 bridgehead atoms. The van der Waals surface area contributed by atoms with Gasteiger partial charge in [0.25, 0.3) is 5.91 Å². The maximum atomic E-state index is 13.5. The number of nitrogens with zero attached hydrogens (tertiary/aromatic N) is 2. The Morgan fingerprint density at radius 2 is 2.23 bits per heavy atom. The number of fused-ring (bicyclic) bond motifs is 1. The average molecular weight is 432 g/mol. The van der Waals surface area contributed by atoms with Crippen LogP contribution in [-0.2, 0) is 23.5 Å². The molecule has 1 unspecified atom stereocenters. The van der Waals surface area contributed by atoms with Crippen LogP contribution >= 0.6 is 0 Å². The van der Waals surface area contributed by atoms with Gasteiger partial charge in [0.2, 0.25) is 10.0 Å². The van der Waals surface area contributed by atoms with Crippen LogP contribution in [0.1, 0.15) is 35.0 Å². The van der Waals surface area contributed by atoms with Crippen molar-refractivity contribution in [2.24, 2.45) is 7.05 Å². The van der Waals surface area contributed by atoms with E-state index in [1.165, 1.54) is 35.9 Å². The number of nitriles is 1. The van der Waals surface area contributed by atoms with E-state index in [9.17, 15) is 22.7 Å². The highest BCUT2D eigenvalue weighted by Gasteiger charge is 2.38. The molecule has 2 atom stereocenters. The number of carbonyl (C=O) groups excluding carboxylic acids is 1. The monoisotopic (exact) mass is 432 g/mol. The van der Waals surface area contributed by atoms with E-state index in [0.717, 1.165) is 6.07 Å². The van der Waals surface area contributed by atoms with Crippen molar-refractivity contribution in [1.29, 1.82) is 5.26 Å². The Labute approximate surface area is 173 Å². The number of hydrogen-bond acceptors (Lipinski definition) is 5. The smallest absolute Gasteiger partial charge is 0.272 e. The lowest BCUT2D eigenvalue weighted by Crippen LogP contribution is -2.49. The van der Waals surface area contributed by atoms with Crippen LogP contribution in [0.15, 0.2) is 41.9 Å². The Hall–Kier alpha value is -3.00. The van der Waals surface area contributed by atoms with Gasteiger partial charge in [0.1, 0.15) is 22.5 Å². The molecule has 0 aliphatic carbocycles. The number of rotatable bonds is 4. The predicted octanol–water partition coefficient (Wildman–Crippen LogP) is 1.82. The van der Waals surface area contributed by atoms with Gasteiger partial charge in [-0.05, 0) is 38.0 Å². The van der Waals surface area contributed by atoms with Crippen molar-refractivity contribution >= 4 is 21.6 Å².